The van der Waals surface area contributed by atoms with E-state index in [1.807, 2.05) is 20.8 Å². The topological polar surface area (TPSA) is 90.9 Å². The fourth-order valence-electron chi connectivity index (χ4n) is 3.06. The highest BCUT2D eigenvalue weighted by Crippen LogP contribution is 2.28. The van der Waals surface area contributed by atoms with Gasteiger partial charge in [0.2, 0.25) is 0 Å². The van der Waals surface area contributed by atoms with Crippen molar-refractivity contribution in [3.05, 3.63) is 30.1 Å². The monoisotopic (exact) mass is 387 g/mol. The fourth-order valence-corrected chi connectivity index (χ4v) is 3.06. The summed E-state index contributed by atoms with van der Waals surface area (Å²) in [4.78, 5) is 34.4. The van der Waals surface area contributed by atoms with Gasteiger partial charge in [0, 0.05) is 38.3 Å². The summed E-state index contributed by atoms with van der Waals surface area (Å²) in [5.74, 6) is 0.0918. The highest BCUT2D eigenvalue weighted by molar-refractivity contribution is 6.03. The number of benzene rings is 1. The van der Waals surface area contributed by atoms with Crippen molar-refractivity contribution in [1.29, 1.82) is 0 Å². The summed E-state index contributed by atoms with van der Waals surface area (Å²) in [5, 5.41) is 0. The van der Waals surface area contributed by atoms with Crippen LogP contribution in [0.15, 0.2) is 24.5 Å². The molecule has 0 bridgehead atoms. The Morgan fingerprint density at radius 2 is 1.71 bits per heavy atom. The average Bonchev–Trinajstić information content (AvgIpc) is 2.67. The summed E-state index contributed by atoms with van der Waals surface area (Å²) >= 11 is 0. The summed E-state index contributed by atoms with van der Waals surface area (Å²) in [6.45, 7) is 6.67. The molecule has 1 saturated heterocycles. The summed E-state index contributed by atoms with van der Waals surface area (Å²) in [5.41, 5.74) is 0.791. The van der Waals surface area contributed by atoms with Crippen molar-refractivity contribution >= 4 is 23.1 Å². The molecule has 3 rings (SSSR count). The zero-order chi connectivity index (χ0) is 20.3. The van der Waals surface area contributed by atoms with Gasteiger partial charge in [-0.2, -0.15) is 0 Å². The molecule has 0 aliphatic carbocycles. The number of rotatable bonds is 3. The van der Waals surface area contributed by atoms with Crippen LogP contribution in [0.1, 0.15) is 44.0 Å². The second kappa shape index (κ2) is 8.00. The van der Waals surface area contributed by atoms with Crippen LogP contribution in [0.25, 0.3) is 11.0 Å². The number of likely N-dealkylation sites (tertiary alicyclic amines) is 1. The highest BCUT2D eigenvalue weighted by atomic mass is 16.6. The summed E-state index contributed by atoms with van der Waals surface area (Å²) in [6.07, 6.45) is 4.08. The van der Waals surface area contributed by atoms with Crippen LogP contribution in [0, 0.1) is 0 Å². The number of hydrogen-bond acceptors (Lipinski definition) is 7. The van der Waals surface area contributed by atoms with Crippen LogP contribution in [-0.2, 0) is 9.47 Å². The molecule has 8 nitrogen and oxygen atoms in total. The Labute approximate surface area is 163 Å². The van der Waals surface area contributed by atoms with Gasteiger partial charge in [0.25, 0.3) is 0 Å². The molecule has 1 aliphatic heterocycles. The second-order valence-electron chi connectivity index (χ2n) is 7.64. The molecule has 1 fully saturated rings. The zero-order valence-electron chi connectivity index (χ0n) is 16.6. The lowest BCUT2D eigenvalue weighted by atomic mass is 10.1. The maximum Gasteiger partial charge on any atom is 0.410 e. The lowest BCUT2D eigenvalue weighted by Gasteiger charge is -2.33. The van der Waals surface area contributed by atoms with Gasteiger partial charge in [0.1, 0.15) is 28.5 Å². The van der Waals surface area contributed by atoms with Crippen LogP contribution < -0.4 is 4.74 Å². The number of hydrogen-bond donors (Lipinski definition) is 0. The standard InChI is InChI=1S/C20H25N3O5/c1-20(2,3)28-19(25)23-11-7-13(8-12-23)27-15-6-5-14(18(24)26-4)16-17(15)22-10-9-21-16/h5-6,9-10,13H,7-8,11-12H2,1-4H3. The zero-order valence-corrected chi connectivity index (χ0v) is 16.6. The molecule has 1 aromatic heterocycles. The maximum absolute atomic E-state index is 12.2. The van der Waals surface area contributed by atoms with Crippen LogP contribution in [0.3, 0.4) is 0 Å². The van der Waals surface area contributed by atoms with Crippen molar-refractivity contribution in [2.45, 2.75) is 45.3 Å². The number of carbonyl (C=O) groups is 2. The third kappa shape index (κ3) is 4.49. The number of amides is 1. The van der Waals surface area contributed by atoms with Crippen LogP contribution >= 0.6 is 0 Å². The molecule has 0 spiro atoms. The fraction of sp³-hybridized carbons (Fsp3) is 0.500. The second-order valence-corrected chi connectivity index (χ2v) is 7.64. The van der Waals surface area contributed by atoms with Gasteiger partial charge in [-0.15, -0.1) is 0 Å². The predicted octanol–water partition coefficient (Wildman–Crippen LogP) is 3.19. The van der Waals surface area contributed by atoms with Gasteiger partial charge in [-0.3, -0.25) is 4.98 Å². The molecular weight excluding hydrogens is 362 g/mol. The van der Waals surface area contributed by atoms with E-state index in [-0.39, 0.29) is 12.2 Å². The van der Waals surface area contributed by atoms with Gasteiger partial charge < -0.3 is 19.1 Å². The minimum absolute atomic E-state index is 0.0622. The minimum Gasteiger partial charge on any atom is -0.488 e. The molecule has 2 heterocycles. The normalized spacial score (nSPS) is 15.4. The van der Waals surface area contributed by atoms with E-state index in [1.54, 1.807) is 23.2 Å². The number of ether oxygens (including phenoxy) is 3. The van der Waals surface area contributed by atoms with E-state index in [1.165, 1.54) is 13.3 Å². The summed E-state index contributed by atoms with van der Waals surface area (Å²) in [6, 6.07) is 3.34. The minimum atomic E-state index is -0.511. The van der Waals surface area contributed by atoms with E-state index in [2.05, 4.69) is 9.97 Å². The Kier molecular flexibility index (Phi) is 5.67. The van der Waals surface area contributed by atoms with Crippen LogP contribution in [0.4, 0.5) is 4.79 Å². The number of carbonyl (C=O) groups excluding carboxylic acids is 2. The molecule has 8 heteroatoms. The molecule has 1 aromatic carbocycles. The Balaban J connectivity index is 1.70. The first-order valence-corrected chi connectivity index (χ1v) is 9.25. The van der Waals surface area contributed by atoms with E-state index in [4.69, 9.17) is 14.2 Å². The lowest BCUT2D eigenvalue weighted by Crippen LogP contribution is -2.44. The Hall–Kier alpha value is -2.90. The van der Waals surface area contributed by atoms with Crippen molar-refractivity contribution in [2.75, 3.05) is 20.2 Å². The Bertz CT molecular complexity index is 870. The van der Waals surface area contributed by atoms with Crippen molar-refractivity contribution in [3.8, 4) is 5.75 Å². The average molecular weight is 387 g/mol. The number of nitrogens with zero attached hydrogens (tertiary/aromatic N) is 3. The van der Waals surface area contributed by atoms with Gasteiger partial charge in [0.05, 0.1) is 12.7 Å². The van der Waals surface area contributed by atoms with Gasteiger partial charge in [-0.05, 0) is 32.9 Å². The third-order valence-corrected chi connectivity index (χ3v) is 4.38. The number of esters is 1. The van der Waals surface area contributed by atoms with E-state index >= 15 is 0 Å². The summed E-state index contributed by atoms with van der Waals surface area (Å²) < 4.78 is 16.4. The molecule has 2 aromatic rings. The molecule has 1 amide bonds. The molecule has 1 aliphatic rings. The van der Waals surface area contributed by atoms with Gasteiger partial charge >= 0.3 is 12.1 Å². The Morgan fingerprint density at radius 1 is 1.07 bits per heavy atom. The molecule has 150 valence electrons. The van der Waals surface area contributed by atoms with Crippen LogP contribution in [0.5, 0.6) is 5.75 Å². The van der Waals surface area contributed by atoms with Crippen molar-refractivity contribution in [3.63, 3.8) is 0 Å². The van der Waals surface area contributed by atoms with Crippen molar-refractivity contribution in [2.24, 2.45) is 0 Å². The molecule has 28 heavy (non-hydrogen) atoms. The molecule has 0 unspecified atom stereocenters. The van der Waals surface area contributed by atoms with Gasteiger partial charge in [0.15, 0.2) is 0 Å². The largest absolute Gasteiger partial charge is 0.488 e. The first-order chi connectivity index (χ1) is 13.3. The van der Waals surface area contributed by atoms with E-state index in [0.29, 0.717) is 48.3 Å². The Morgan fingerprint density at radius 3 is 2.32 bits per heavy atom. The van der Waals surface area contributed by atoms with Gasteiger partial charge in [-0.25, -0.2) is 14.6 Å². The van der Waals surface area contributed by atoms with Gasteiger partial charge in [-0.1, -0.05) is 0 Å². The van der Waals surface area contributed by atoms with Crippen molar-refractivity contribution < 1.29 is 23.8 Å². The molecule has 0 N–H and O–H groups in total. The van der Waals surface area contributed by atoms with E-state index in [9.17, 15) is 9.59 Å². The summed E-state index contributed by atoms with van der Waals surface area (Å²) in [7, 11) is 1.33. The quantitative estimate of drug-likeness (QED) is 0.747. The number of piperidine rings is 1. The first kappa shape index (κ1) is 19.9. The lowest BCUT2D eigenvalue weighted by molar-refractivity contribution is 0.0127. The predicted molar refractivity (Wildman–Crippen MR) is 102 cm³/mol. The van der Waals surface area contributed by atoms with Crippen LogP contribution in [0.2, 0.25) is 0 Å². The molecular formula is C20H25N3O5. The van der Waals surface area contributed by atoms with Crippen LogP contribution in [-0.4, -0.2) is 58.8 Å². The van der Waals surface area contributed by atoms with E-state index < -0.39 is 11.6 Å². The smallest absolute Gasteiger partial charge is 0.410 e. The number of fused-ring (bicyclic) bond motifs is 1. The van der Waals surface area contributed by atoms with Crippen molar-refractivity contribution in [1.82, 2.24) is 14.9 Å². The SMILES string of the molecule is COC(=O)c1ccc(OC2CCN(C(=O)OC(C)(C)C)CC2)c2nccnc12. The third-order valence-electron chi connectivity index (χ3n) is 4.38. The molecule has 0 radical (unpaired) electrons. The van der Waals surface area contributed by atoms with E-state index in [0.717, 1.165) is 0 Å². The molecule has 0 saturated carbocycles. The number of methoxy groups -OCH3 is 1. The maximum atomic E-state index is 12.2. The number of aromatic nitrogens is 2. The highest BCUT2D eigenvalue weighted by Gasteiger charge is 2.28. The molecule has 0 atom stereocenters. The first-order valence-electron chi connectivity index (χ1n) is 9.25.